The van der Waals surface area contributed by atoms with E-state index in [0.717, 1.165) is 12.0 Å². The van der Waals surface area contributed by atoms with Crippen molar-refractivity contribution < 1.29 is 0 Å². The highest BCUT2D eigenvalue weighted by molar-refractivity contribution is 4.74. The molecule has 1 heterocycles. The van der Waals surface area contributed by atoms with Gasteiger partial charge in [-0.15, -0.1) is 0 Å². The molecule has 0 amide bonds. The molecule has 0 saturated carbocycles. The van der Waals surface area contributed by atoms with Crippen LogP contribution in [0.15, 0.2) is 0 Å². The molecular formula is C11H23N. The van der Waals surface area contributed by atoms with E-state index in [1.54, 1.807) is 0 Å². The lowest BCUT2D eigenvalue weighted by Gasteiger charge is -2.15. The molecule has 2 unspecified atom stereocenters. The molecule has 1 N–H and O–H groups in total. The van der Waals surface area contributed by atoms with Gasteiger partial charge in [-0.3, -0.25) is 0 Å². The Hall–Kier alpha value is -0.0400. The quantitative estimate of drug-likeness (QED) is 0.685. The van der Waals surface area contributed by atoms with Crippen LogP contribution in [-0.2, 0) is 0 Å². The normalized spacial score (nSPS) is 31.5. The summed E-state index contributed by atoms with van der Waals surface area (Å²) in [4.78, 5) is 0. The van der Waals surface area contributed by atoms with Gasteiger partial charge in [-0.05, 0) is 31.7 Å². The van der Waals surface area contributed by atoms with Gasteiger partial charge in [0.2, 0.25) is 0 Å². The molecule has 0 bridgehead atoms. The maximum atomic E-state index is 3.68. The summed E-state index contributed by atoms with van der Waals surface area (Å²) in [7, 11) is 0. The van der Waals surface area contributed by atoms with Crippen LogP contribution in [0.2, 0.25) is 0 Å². The minimum Gasteiger partial charge on any atom is -0.314 e. The van der Waals surface area contributed by atoms with E-state index in [-0.39, 0.29) is 0 Å². The van der Waals surface area contributed by atoms with Gasteiger partial charge in [-0.2, -0.15) is 0 Å². The Morgan fingerprint density at radius 3 is 2.75 bits per heavy atom. The molecule has 1 heteroatoms. The molecule has 0 aromatic rings. The van der Waals surface area contributed by atoms with E-state index in [2.05, 4.69) is 19.2 Å². The first-order valence-corrected chi connectivity index (χ1v) is 5.60. The van der Waals surface area contributed by atoms with Crippen LogP contribution in [-0.4, -0.2) is 12.6 Å². The molecule has 0 radical (unpaired) electrons. The molecule has 1 aliphatic rings. The Morgan fingerprint density at radius 2 is 2.08 bits per heavy atom. The Morgan fingerprint density at radius 1 is 1.25 bits per heavy atom. The fourth-order valence-corrected chi connectivity index (χ4v) is 2.13. The average Bonchev–Trinajstić information content (AvgIpc) is 2.31. The topological polar surface area (TPSA) is 12.0 Å². The lowest BCUT2D eigenvalue weighted by molar-refractivity contribution is 0.435. The molecule has 1 saturated heterocycles. The summed E-state index contributed by atoms with van der Waals surface area (Å²) >= 11 is 0. The van der Waals surface area contributed by atoms with E-state index in [4.69, 9.17) is 0 Å². The van der Waals surface area contributed by atoms with E-state index in [1.165, 1.54) is 45.1 Å². The van der Waals surface area contributed by atoms with Crippen LogP contribution in [0.5, 0.6) is 0 Å². The van der Waals surface area contributed by atoms with Gasteiger partial charge < -0.3 is 5.32 Å². The standard InChI is InChI=1S/C11H23N/c1-3-6-11-8-5-7-10(4-2)9-12-11/h10-12H,3-9H2,1-2H3. The Kier molecular flexibility index (Phi) is 4.67. The predicted molar refractivity (Wildman–Crippen MR) is 54.3 cm³/mol. The van der Waals surface area contributed by atoms with Crippen LogP contribution in [0, 0.1) is 5.92 Å². The van der Waals surface area contributed by atoms with E-state index in [0.29, 0.717) is 0 Å². The summed E-state index contributed by atoms with van der Waals surface area (Å²) in [6.45, 7) is 5.86. The Labute approximate surface area is 76.9 Å². The third kappa shape index (κ3) is 3.14. The highest BCUT2D eigenvalue weighted by Gasteiger charge is 2.15. The van der Waals surface area contributed by atoms with Crippen LogP contribution in [0.3, 0.4) is 0 Å². The second kappa shape index (κ2) is 5.58. The van der Waals surface area contributed by atoms with Gasteiger partial charge in [-0.25, -0.2) is 0 Å². The lowest BCUT2D eigenvalue weighted by atomic mass is 10.0. The Balaban J connectivity index is 2.24. The molecule has 72 valence electrons. The monoisotopic (exact) mass is 169 g/mol. The number of nitrogens with one attached hydrogen (secondary N) is 1. The van der Waals surface area contributed by atoms with Gasteiger partial charge in [0.15, 0.2) is 0 Å². The molecule has 1 nitrogen and oxygen atoms in total. The number of hydrogen-bond donors (Lipinski definition) is 1. The maximum Gasteiger partial charge on any atom is 0.00670 e. The third-order valence-electron chi connectivity index (χ3n) is 3.07. The van der Waals surface area contributed by atoms with Gasteiger partial charge >= 0.3 is 0 Å². The van der Waals surface area contributed by atoms with Gasteiger partial charge in [0.05, 0.1) is 0 Å². The summed E-state index contributed by atoms with van der Waals surface area (Å²) in [5, 5.41) is 3.68. The summed E-state index contributed by atoms with van der Waals surface area (Å²) in [6, 6.07) is 0.826. The smallest absolute Gasteiger partial charge is 0.00670 e. The van der Waals surface area contributed by atoms with Gasteiger partial charge in [0.1, 0.15) is 0 Å². The molecule has 0 aromatic carbocycles. The first-order chi connectivity index (χ1) is 5.86. The third-order valence-corrected chi connectivity index (χ3v) is 3.07. The minimum absolute atomic E-state index is 0.826. The molecule has 1 rings (SSSR count). The zero-order valence-electron chi connectivity index (χ0n) is 8.60. The fourth-order valence-electron chi connectivity index (χ4n) is 2.13. The maximum absolute atomic E-state index is 3.68. The van der Waals surface area contributed by atoms with Crippen molar-refractivity contribution >= 4 is 0 Å². The molecule has 0 aromatic heterocycles. The molecular weight excluding hydrogens is 146 g/mol. The second-order valence-corrected chi connectivity index (χ2v) is 4.10. The first kappa shape index (κ1) is 10.0. The minimum atomic E-state index is 0.826. The molecule has 2 atom stereocenters. The van der Waals surface area contributed by atoms with Crippen LogP contribution in [0.1, 0.15) is 52.4 Å². The number of rotatable bonds is 3. The van der Waals surface area contributed by atoms with Crippen molar-refractivity contribution in [1.82, 2.24) is 5.32 Å². The highest BCUT2D eigenvalue weighted by Crippen LogP contribution is 2.18. The summed E-state index contributed by atoms with van der Waals surface area (Å²) < 4.78 is 0. The van der Waals surface area contributed by atoms with Crippen molar-refractivity contribution in [3.63, 3.8) is 0 Å². The van der Waals surface area contributed by atoms with Crippen molar-refractivity contribution in [1.29, 1.82) is 0 Å². The molecule has 12 heavy (non-hydrogen) atoms. The van der Waals surface area contributed by atoms with Gasteiger partial charge in [0, 0.05) is 6.04 Å². The van der Waals surface area contributed by atoms with Crippen LogP contribution in [0.4, 0.5) is 0 Å². The zero-order valence-corrected chi connectivity index (χ0v) is 8.60. The number of hydrogen-bond acceptors (Lipinski definition) is 1. The van der Waals surface area contributed by atoms with E-state index in [9.17, 15) is 0 Å². The average molecular weight is 169 g/mol. The van der Waals surface area contributed by atoms with Crippen LogP contribution >= 0.6 is 0 Å². The molecule has 1 aliphatic heterocycles. The van der Waals surface area contributed by atoms with Crippen LogP contribution < -0.4 is 5.32 Å². The van der Waals surface area contributed by atoms with E-state index < -0.39 is 0 Å². The van der Waals surface area contributed by atoms with Crippen LogP contribution in [0.25, 0.3) is 0 Å². The van der Waals surface area contributed by atoms with Gasteiger partial charge in [0.25, 0.3) is 0 Å². The van der Waals surface area contributed by atoms with Crippen molar-refractivity contribution in [3.8, 4) is 0 Å². The summed E-state index contributed by atoms with van der Waals surface area (Å²) in [6.07, 6.45) is 8.35. The first-order valence-electron chi connectivity index (χ1n) is 5.60. The van der Waals surface area contributed by atoms with Crippen molar-refractivity contribution in [2.45, 2.75) is 58.4 Å². The van der Waals surface area contributed by atoms with E-state index >= 15 is 0 Å². The highest BCUT2D eigenvalue weighted by atomic mass is 14.9. The SMILES string of the molecule is CCCC1CCCC(CC)CN1. The van der Waals surface area contributed by atoms with E-state index in [1.807, 2.05) is 0 Å². The molecule has 1 fully saturated rings. The predicted octanol–water partition coefficient (Wildman–Crippen LogP) is 2.95. The largest absolute Gasteiger partial charge is 0.314 e. The fraction of sp³-hybridized carbons (Fsp3) is 1.00. The Bertz CT molecular complexity index is 112. The second-order valence-electron chi connectivity index (χ2n) is 4.10. The molecule has 0 spiro atoms. The summed E-state index contributed by atoms with van der Waals surface area (Å²) in [5.41, 5.74) is 0. The lowest BCUT2D eigenvalue weighted by Crippen LogP contribution is -2.30. The van der Waals surface area contributed by atoms with Crippen molar-refractivity contribution in [2.75, 3.05) is 6.54 Å². The van der Waals surface area contributed by atoms with Crippen molar-refractivity contribution in [2.24, 2.45) is 5.92 Å². The molecule has 0 aliphatic carbocycles. The van der Waals surface area contributed by atoms with Crippen molar-refractivity contribution in [3.05, 3.63) is 0 Å². The summed E-state index contributed by atoms with van der Waals surface area (Å²) in [5.74, 6) is 0.951. The zero-order chi connectivity index (χ0) is 8.81. The van der Waals surface area contributed by atoms with Gasteiger partial charge in [-0.1, -0.05) is 33.1 Å².